The summed E-state index contributed by atoms with van der Waals surface area (Å²) in [5.74, 6) is -0.277. The standard InChI is InChI=1S/C10H8FNO2/c11-8-4-10-7(3-6(8)5-12)9(13)1-2-14-10/h3-4,9,13H,1-2H2. The average Bonchev–Trinajstić information content (AvgIpc) is 2.17. The Hall–Kier alpha value is -1.60. The fourth-order valence-corrected chi connectivity index (χ4v) is 1.48. The van der Waals surface area contributed by atoms with Gasteiger partial charge in [0.2, 0.25) is 0 Å². The van der Waals surface area contributed by atoms with E-state index in [1.165, 1.54) is 6.07 Å². The Kier molecular flexibility index (Phi) is 2.10. The highest BCUT2D eigenvalue weighted by Crippen LogP contribution is 2.33. The number of benzene rings is 1. The molecule has 14 heavy (non-hydrogen) atoms. The first-order valence-electron chi connectivity index (χ1n) is 4.27. The number of hydrogen-bond acceptors (Lipinski definition) is 3. The molecule has 1 aromatic rings. The van der Waals surface area contributed by atoms with Crippen molar-refractivity contribution in [2.24, 2.45) is 0 Å². The lowest BCUT2D eigenvalue weighted by Crippen LogP contribution is -2.14. The van der Waals surface area contributed by atoms with E-state index in [2.05, 4.69) is 0 Å². The summed E-state index contributed by atoms with van der Waals surface area (Å²) in [5.41, 5.74) is 0.433. The molecule has 0 fully saturated rings. The van der Waals surface area contributed by atoms with Crippen molar-refractivity contribution in [3.63, 3.8) is 0 Å². The monoisotopic (exact) mass is 193 g/mol. The van der Waals surface area contributed by atoms with Gasteiger partial charge < -0.3 is 9.84 Å². The molecule has 1 atom stereocenters. The van der Waals surface area contributed by atoms with Crippen LogP contribution in [0.2, 0.25) is 0 Å². The highest BCUT2D eigenvalue weighted by molar-refractivity contribution is 5.45. The van der Waals surface area contributed by atoms with Gasteiger partial charge in [-0.3, -0.25) is 0 Å². The van der Waals surface area contributed by atoms with Gasteiger partial charge in [-0.25, -0.2) is 4.39 Å². The molecule has 0 aromatic heterocycles. The second-order valence-corrected chi connectivity index (χ2v) is 3.13. The Labute approximate surface area is 80.4 Å². The normalized spacial score (nSPS) is 19.4. The third-order valence-corrected chi connectivity index (χ3v) is 2.23. The molecule has 0 aliphatic carbocycles. The van der Waals surface area contributed by atoms with E-state index in [9.17, 15) is 9.50 Å². The summed E-state index contributed by atoms with van der Waals surface area (Å²) in [4.78, 5) is 0. The Morgan fingerprint density at radius 1 is 1.57 bits per heavy atom. The first-order chi connectivity index (χ1) is 6.72. The molecule has 1 aliphatic rings. The maximum absolute atomic E-state index is 13.1. The molecule has 1 aliphatic heterocycles. The van der Waals surface area contributed by atoms with E-state index in [4.69, 9.17) is 10.00 Å². The maximum atomic E-state index is 13.1. The largest absolute Gasteiger partial charge is 0.493 e. The lowest BCUT2D eigenvalue weighted by molar-refractivity contribution is 0.115. The molecule has 3 nitrogen and oxygen atoms in total. The number of hydrogen-bond donors (Lipinski definition) is 1. The van der Waals surface area contributed by atoms with Crippen molar-refractivity contribution in [2.75, 3.05) is 6.61 Å². The van der Waals surface area contributed by atoms with Gasteiger partial charge in [0.05, 0.1) is 18.3 Å². The van der Waals surface area contributed by atoms with Crippen LogP contribution in [-0.4, -0.2) is 11.7 Å². The van der Waals surface area contributed by atoms with Gasteiger partial charge in [0, 0.05) is 18.1 Å². The van der Waals surface area contributed by atoms with Crippen LogP contribution in [0.15, 0.2) is 12.1 Å². The number of rotatable bonds is 0. The van der Waals surface area contributed by atoms with Crippen molar-refractivity contribution in [3.8, 4) is 11.8 Å². The molecule has 1 N–H and O–H groups in total. The average molecular weight is 193 g/mol. The smallest absolute Gasteiger partial charge is 0.144 e. The van der Waals surface area contributed by atoms with E-state index in [1.807, 2.05) is 0 Å². The molecule has 0 bridgehead atoms. The van der Waals surface area contributed by atoms with Gasteiger partial charge in [-0.2, -0.15) is 5.26 Å². The molecule has 1 unspecified atom stereocenters. The Morgan fingerprint density at radius 2 is 2.36 bits per heavy atom. The number of ether oxygens (including phenoxy) is 1. The van der Waals surface area contributed by atoms with Crippen molar-refractivity contribution in [3.05, 3.63) is 29.1 Å². The van der Waals surface area contributed by atoms with E-state index in [0.717, 1.165) is 6.07 Å². The van der Waals surface area contributed by atoms with Crippen LogP contribution in [0.25, 0.3) is 0 Å². The summed E-state index contributed by atoms with van der Waals surface area (Å²) < 4.78 is 18.3. The zero-order valence-electron chi connectivity index (χ0n) is 7.33. The number of fused-ring (bicyclic) bond motifs is 1. The van der Waals surface area contributed by atoms with Crippen molar-refractivity contribution in [1.82, 2.24) is 0 Å². The molecule has 1 aromatic carbocycles. The Bertz CT molecular complexity index is 411. The molecule has 0 saturated heterocycles. The zero-order valence-corrected chi connectivity index (χ0v) is 7.33. The van der Waals surface area contributed by atoms with Crippen LogP contribution in [0.5, 0.6) is 5.75 Å². The van der Waals surface area contributed by atoms with Crippen molar-refractivity contribution >= 4 is 0 Å². The van der Waals surface area contributed by atoms with E-state index in [1.54, 1.807) is 6.07 Å². The van der Waals surface area contributed by atoms with Gasteiger partial charge in [-0.1, -0.05) is 0 Å². The number of aliphatic hydroxyl groups excluding tert-OH is 1. The molecule has 0 spiro atoms. The quantitative estimate of drug-likeness (QED) is 0.679. The van der Waals surface area contributed by atoms with Gasteiger partial charge in [-0.15, -0.1) is 0 Å². The molecule has 0 saturated carbocycles. The minimum Gasteiger partial charge on any atom is -0.493 e. The SMILES string of the molecule is N#Cc1cc2c(cc1F)OCCC2O. The van der Waals surface area contributed by atoms with Crippen molar-refractivity contribution in [2.45, 2.75) is 12.5 Å². The van der Waals surface area contributed by atoms with Crippen LogP contribution in [0.1, 0.15) is 23.7 Å². The molecule has 1 heterocycles. The Balaban J connectivity index is 2.56. The fraction of sp³-hybridized carbons (Fsp3) is 0.300. The summed E-state index contributed by atoms with van der Waals surface area (Å²) in [7, 11) is 0. The summed E-state index contributed by atoms with van der Waals surface area (Å²) in [6, 6.07) is 4.22. The predicted octanol–water partition coefficient (Wildman–Crippen LogP) is 1.51. The number of nitriles is 1. The highest BCUT2D eigenvalue weighted by atomic mass is 19.1. The van der Waals surface area contributed by atoms with Crippen LogP contribution in [-0.2, 0) is 0 Å². The second-order valence-electron chi connectivity index (χ2n) is 3.13. The van der Waals surface area contributed by atoms with Crippen LogP contribution in [0.3, 0.4) is 0 Å². The number of nitrogens with zero attached hydrogens (tertiary/aromatic N) is 1. The molecular weight excluding hydrogens is 185 g/mol. The molecule has 4 heteroatoms. The Morgan fingerprint density at radius 3 is 3.07 bits per heavy atom. The molecule has 0 radical (unpaired) electrons. The van der Waals surface area contributed by atoms with E-state index < -0.39 is 11.9 Å². The van der Waals surface area contributed by atoms with E-state index >= 15 is 0 Å². The molecular formula is C10H8FNO2. The maximum Gasteiger partial charge on any atom is 0.144 e. The first-order valence-corrected chi connectivity index (χ1v) is 4.27. The molecule has 2 rings (SSSR count). The van der Waals surface area contributed by atoms with E-state index in [0.29, 0.717) is 24.3 Å². The fourth-order valence-electron chi connectivity index (χ4n) is 1.48. The third kappa shape index (κ3) is 1.32. The minimum absolute atomic E-state index is 0.0618. The lowest BCUT2D eigenvalue weighted by Gasteiger charge is -2.22. The number of halogens is 1. The van der Waals surface area contributed by atoms with Gasteiger partial charge in [0.1, 0.15) is 17.6 Å². The lowest BCUT2D eigenvalue weighted by atomic mass is 10.0. The van der Waals surface area contributed by atoms with Gasteiger partial charge >= 0.3 is 0 Å². The van der Waals surface area contributed by atoms with Gasteiger partial charge in [0.25, 0.3) is 0 Å². The second kappa shape index (κ2) is 3.28. The summed E-state index contributed by atoms with van der Waals surface area (Å²) in [6.07, 6.45) is -0.185. The van der Waals surface area contributed by atoms with Crippen molar-refractivity contribution < 1.29 is 14.2 Å². The summed E-state index contributed by atoms with van der Waals surface area (Å²) >= 11 is 0. The first kappa shape index (κ1) is 8.97. The zero-order chi connectivity index (χ0) is 10.1. The van der Waals surface area contributed by atoms with Gasteiger partial charge in [0.15, 0.2) is 0 Å². The highest BCUT2D eigenvalue weighted by Gasteiger charge is 2.21. The van der Waals surface area contributed by atoms with E-state index in [-0.39, 0.29) is 5.56 Å². The van der Waals surface area contributed by atoms with Gasteiger partial charge in [-0.05, 0) is 6.07 Å². The summed E-state index contributed by atoms with van der Waals surface area (Å²) in [5, 5.41) is 18.2. The van der Waals surface area contributed by atoms with Crippen LogP contribution >= 0.6 is 0 Å². The van der Waals surface area contributed by atoms with Crippen LogP contribution in [0.4, 0.5) is 4.39 Å². The third-order valence-electron chi connectivity index (χ3n) is 2.23. The van der Waals surface area contributed by atoms with Crippen LogP contribution < -0.4 is 4.74 Å². The summed E-state index contributed by atoms with van der Waals surface area (Å²) in [6.45, 7) is 0.375. The molecule has 72 valence electrons. The van der Waals surface area contributed by atoms with Crippen LogP contribution in [0, 0.1) is 17.1 Å². The van der Waals surface area contributed by atoms with Crippen molar-refractivity contribution in [1.29, 1.82) is 5.26 Å². The number of aliphatic hydroxyl groups is 1. The molecule has 0 amide bonds. The predicted molar refractivity (Wildman–Crippen MR) is 46.2 cm³/mol. The minimum atomic E-state index is -0.661. The topological polar surface area (TPSA) is 53.2 Å².